The van der Waals surface area contributed by atoms with E-state index >= 15 is 0 Å². The molecule has 0 amide bonds. The molecule has 148 valence electrons. The number of nitriles is 1. The lowest BCUT2D eigenvalue weighted by Gasteiger charge is -2.33. The molecule has 1 saturated heterocycles. The van der Waals surface area contributed by atoms with E-state index in [1.165, 1.54) is 11.3 Å². The smallest absolute Gasteiger partial charge is 0.335 e. The fourth-order valence-corrected chi connectivity index (χ4v) is 4.62. The SMILES string of the molecule is Cc1cc(-c2nc(N3CCN(C)CC3)c3c(C)c(C#N)sc3n2)ccc1C(=O)O. The standard InChI is InChI=1S/C21H21N5O2S/c1-12-10-14(4-5-15(12)21(27)28)18-23-19(26-8-6-25(3)7-9-26)17-13(2)16(11-22)29-20(17)24-18/h4-5,10H,6-9H2,1-3H3,(H,27,28). The summed E-state index contributed by atoms with van der Waals surface area (Å²) in [5.74, 6) is 0.460. The van der Waals surface area contributed by atoms with Crippen LogP contribution in [0.25, 0.3) is 21.6 Å². The second-order valence-corrected chi connectivity index (χ2v) is 8.34. The first-order valence-electron chi connectivity index (χ1n) is 9.38. The number of anilines is 1. The molecular formula is C21H21N5O2S. The van der Waals surface area contributed by atoms with Crippen molar-refractivity contribution in [2.75, 3.05) is 38.1 Å². The molecule has 0 atom stereocenters. The molecule has 4 rings (SSSR count). The van der Waals surface area contributed by atoms with Crippen molar-refractivity contribution >= 4 is 33.3 Å². The van der Waals surface area contributed by atoms with Gasteiger partial charge in [0.1, 0.15) is 21.6 Å². The maximum atomic E-state index is 11.3. The molecule has 2 aromatic heterocycles. The summed E-state index contributed by atoms with van der Waals surface area (Å²) in [6.45, 7) is 7.33. The van der Waals surface area contributed by atoms with Crippen LogP contribution in [0.1, 0.15) is 26.4 Å². The number of carboxylic acid groups (broad SMARTS) is 1. The van der Waals surface area contributed by atoms with Gasteiger partial charge in [0.2, 0.25) is 0 Å². The van der Waals surface area contributed by atoms with Crippen molar-refractivity contribution in [3.8, 4) is 17.5 Å². The normalized spacial score (nSPS) is 14.9. The fraction of sp³-hybridized carbons (Fsp3) is 0.333. The van der Waals surface area contributed by atoms with Crippen LogP contribution in [0.15, 0.2) is 18.2 Å². The van der Waals surface area contributed by atoms with Crippen molar-refractivity contribution < 1.29 is 9.90 Å². The summed E-state index contributed by atoms with van der Waals surface area (Å²) in [6, 6.07) is 7.42. The summed E-state index contributed by atoms with van der Waals surface area (Å²) in [4.78, 5) is 26.9. The first-order valence-corrected chi connectivity index (χ1v) is 10.2. The van der Waals surface area contributed by atoms with Gasteiger partial charge >= 0.3 is 5.97 Å². The topological polar surface area (TPSA) is 93.4 Å². The van der Waals surface area contributed by atoms with Gasteiger partial charge in [0.15, 0.2) is 5.82 Å². The molecule has 1 aromatic carbocycles. The van der Waals surface area contributed by atoms with Crippen LogP contribution < -0.4 is 4.90 Å². The Morgan fingerprint density at radius 2 is 1.93 bits per heavy atom. The molecule has 1 aliphatic rings. The fourth-order valence-electron chi connectivity index (χ4n) is 3.64. The van der Waals surface area contributed by atoms with E-state index < -0.39 is 5.97 Å². The lowest BCUT2D eigenvalue weighted by molar-refractivity contribution is 0.0696. The molecule has 1 N–H and O–H groups in total. The number of thiophene rings is 1. The first kappa shape index (κ1) is 19.3. The number of nitrogens with zero attached hydrogens (tertiary/aromatic N) is 5. The highest BCUT2D eigenvalue weighted by atomic mass is 32.1. The van der Waals surface area contributed by atoms with Gasteiger partial charge < -0.3 is 14.9 Å². The molecule has 8 heteroatoms. The van der Waals surface area contributed by atoms with Gasteiger partial charge in [0.25, 0.3) is 0 Å². The molecular weight excluding hydrogens is 386 g/mol. The Morgan fingerprint density at radius 3 is 2.55 bits per heavy atom. The molecule has 1 aliphatic heterocycles. The van der Waals surface area contributed by atoms with Gasteiger partial charge in [-0.1, -0.05) is 6.07 Å². The Morgan fingerprint density at radius 1 is 1.21 bits per heavy atom. The van der Waals surface area contributed by atoms with Crippen molar-refractivity contribution in [1.82, 2.24) is 14.9 Å². The monoisotopic (exact) mass is 407 g/mol. The number of carboxylic acids is 1. The number of piperazine rings is 1. The van der Waals surface area contributed by atoms with Crippen molar-refractivity contribution in [1.29, 1.82) is 5.26 Å². The third-order valence-electron chi connectivity index (χ3n) is 5.39. The van der Waals surface area contributed by atoms with E-state index in [0.29, 0.717) is 16.3 Å². The summed E-state index contributed by atoms with van der Waals surface area (Å²) in [5.41, 5.74) is 2.63. The van der Waals surface area contributed by atoms with Crippen molar-refractivity contribution in [2.45, 2.75) is 13.8 Å². The number of fused-ring (bicyclic) bond motifs is 1. The van der Waals surface area contributed by atoms with Crippen molar-refractivity contribution in [2.24, 2.45) is 0 Å². The van der Waals surface area contributed by atoms with Crippen molar-refractivity contribution in [3.05, 3.63) is 39.8 Å². The highest BCUT2D eigenvalue weighted by molar-refractivity contribution is 7.19. The second-order valence-electron chi connectivity index (χ2n) is 7.34. The van der Waals surface area contributed by atoms with Crippen LogP contribution in [0, 0.1) is 25.2 Å². The zero-order chi connectivity index (χ0) is 20.7. The molecule has 3 heterocycles. The van der Waals surface area contributed by atoms with E-state index in [9.17, 15) is 15.2 Å². The van der Waals surface area contributed by atoms with Gasteiger partial charge in [0.05, 0.1) is 10.9 Å². The summed E-state index contributed by atoms with van der Waals surface area (Å²) >= 11 is 1.38. The van der Waals surface area contributed by atoms with E-state index in [-0.39, 0.29) is 5.56 Å². The second kappa shape index (κ2) is 7.43. The van der Waals surface area contributed by atoms with Gasteiger partial charge in [-0.05, 0) is 44.2 Å². The average Bonchev–Trinajstić information content (AvgIpc) is 3.03. The third-order valence-corrected chi connectivity index (χ3v) is 6.48. The van der Waals surface area contributed by atoms with Gasteiger partial charge in [-0.15, -0.1) is 11.3 Å². The Kier molecular flexibility index (Phi) is 4.94. The maximum Gasteiger partial charge on any atom is 0.335 e. The van der Waals surface area contributed by atoms with Crippen LogP contribution in [-0.2, 0) is 0 Å². The van der Waals surface area contributed by atoms with E-state index in [0.717, 1.165) is 53.3 Å². The Labute approximate surface area is 172 Å². The molecule has 0 unspecified atom stereocenters. The molecule has 1 fully saturated rings. The number of carbonyl (C=O) groups is 1. The number of benzene rings is 1. The van der Waals surface area contributed by atoms with E-state index in [1.807, 2.05) is 13.0 Å². The van der Waals surface area contributed by atoms with Gasteiger partial charge in [-0.2, -0.15) is 5.26 Å². The van der Waals surface area contributed by atoms with Gasteiger partial charge in [0, 0.05) is 31.7 Å². The highest BCUT2D eigenvalue weighted by Crippen LogP contribution is 2.37. The number of aryl methyl sites for hydroxylation is 2. The number of aromatic carboxylic acids is 1. The Balaban J connectivity index is 1.89. The number of rotatable bonds is 3. The quantitative estimate of drug-likeness (QED) is 0.712. The minimum absolute atomic E-state index is 0.271. The van der Waals surface area contributed by atoms with Crippen LogP contribution in [0.5, 0.6) is 0 Å². The van der Waals surface area contributed by atoms with Crippen LogP contribution in [0.2, 0.25) is 0 Å². The van der Waals surface area contributed by atoms with Crippen LogP contribution in [0.3, 0.4) is 0 Å². The van der Waals surface area contributed by atoms with E-state index in [4.69, 9.17) is 9.97 Å². The van der Waals surface area contributed by atoms with Crippen LogP contribution >= 0.6 is 11.3 Å². The zero-order valence-electron chi connectivity index (χ0n) is 16.6. The minimum atomic E-state index is -0.948. The molecule has 0 spiro atoms. The lowest BCUT2D eigenvalue weighted by Crippen LogP contribution is -2.45. The minimum Gasteiger partial charge on any atom is -0.478 e. The van der Waals surface area contributed by atoms with E-state index in [2.05, 4.69) is 22.9 Å². The predicted octanol–water partition coefficient (Wildman–Crippen LogP) is 3.30. The van der Waals surface area contributed by atoms with Crippen LogP contribution in [0.4, 0.5) is 5.82 Å². The largest absolute Gasteiger partial charge is 0.478 e. The van der Waals surface area contributed by atoms with Gasteiger partial charge in [-0.25, -0.2) is 14.8 Å². The van der Waals surface area contributed by atoms with Crippen LogP contribution in [-0.4, -0.2) is 59.2 Å². The molecule has 0 bridgehead atoms. The number of hydrogen-bond acceptors (Lipinski definition) is 7. The number of aromatic nitrogens is 2. The average molecular weight is 407 g/mol. The first-order chi connectivity index (χ1) is 13.9. The highest BCUT2D eigenvalue weighted by Gasteiger charge is 2.23. The van der Waals surface area contributed by atoms with E-state index in [1.54, 1.807) is 19.1 Å². The number of likely N-dealkylation sites (N-methyl/N-ethyl adjacent to an activating group) is 1. The number of hydrogen-bond donors (Lipinski definition) is 1. The summed E-state index contributed by atoms with van der Waals surface area (Å²) in [6.07, 6.45) is 0. The predicted molar refractivity (Wildman–Crippen MR) is 114 cm³/mol. The lowest BCUT2D eigenvalue weighted by atomic mass is 10.0. The Hall–Kier alpha value is -3.02. The Bertz CT molecular complexity index is 1160. The summed E-state index contributed by atoms with van der Waals surface area (Å²) in [7, 11) is 2.11. The molecule has 0 saturated carbocycles. The molecule has 0 aliphatic carbocycles. The maximum absolute atomic E-state index is 11.3. The van der Waals surface area contributed by atoms with Gasteiger partial charge in [-0.3, -0.25) is 0 Å². The zero-order valence-corrected chi connectivity index (χ0v) is 17.4. The van der Waals surface area contributed by atoms with Crippen molar-refractivity contribution in [3.63, 3.8) is 0 Å². The molecule has 7 nitrogen and oxygen atoms in total. The molecule has 29 heavy (non-hydrogen) atoms. The summed E-state index contributed by atoms with van der Waals surface area (Å²) < 4.78 is 0. The third kappa shape index (κ3) is 3.43. The molecule has 3 aromatic rings. The summed E-state index contributed by atoms with van der Waals surface area (Å²) in [5, 5.41) is 19.7. The molecule has 0 radical (unpaired) electrons.